The summed E-state index contributed by atoms with van der Waals surface area (Å²) in [4.78, 5) is 17.3. The van der Waals surface area contributed by atoms with E-state index < -0.39 is 0 Å². The highest BCUT2D eigenvalue weighted by atomic mass is 79.9. The van der Waals surface area contributed by atoms with Crippen molar-refractivity contribution in [1.82, 2.24) is 5.32 Å². The third-order valence-electron chi connectivity index (χ3n) is 3.79. The largest absolute Gasteiger partial charge is 0.490 e. The van der Waals surface area contributed by atoms with Gasteiger partial charge < -0.3 is 14.8 Å². The average molecular weight is 530 g/mol. The maximum absolute atomic E-state index is 12.4. The Kier molecular flexibility index (Phi) is 7.74. The number of carbonyl (C=O) groups excluding carboxylic acids is 1. The summed E-state index contributed by atoms with van der Waals surface area (Å²) in [6.07, 6.45) is 1.77. The third kappa shape index (κ3) is 5.52. The van der Waals surface area contributed by atoms with Crippen molar-refractivity contribution in [1.29, 1.82) is 0 Å². The predicted molar refractivity (Wildman–Crippen MR) is 128 cm³/mol. The zero-order chi connectivity index (χ0) is 21.8. The number of benzene rings is 2. The van der Waals surface area contributed by atoms with E-state index in [1.165, 1.54) is 11.8 Å². The quantitative estimate of drug-likeness (QED) is 0.416. The van der Waals surface area contributed by atoms with Gasteiger partial charge in [-0.3, -0.25) is 4.79 Å². The summed E-state index contributed by atoms with van der Waals surface area (Å²) in [5, 5.41) is 3.92. The molecule has 1 saturated heterocycles. The van der Waals surface area contributed by atoms with Crippen molar-refractivity contribution in [3.05, 3.63) is 55.3 Å². The molecule has 0 aliphatic carbocycles. The molecule has 1 aliphatic rings. The van der Waals surface area contributed by atoms with Crippen molar-refractivity contribution in [2.75, 3.05) is 6.61 Å². The van der Waals surface area contributed by atoms with E-state index in [0.29, 0.717) is 43.9 Å². The standard InChI is InChI=1S/C21H19BrCl2N2O3S/c1-4-28-16-9-12(8-13(22)19(16)29-11(2)3)10-17-20(27)26-21(30-17)25-15-7-5-6-14(23)18(15)24/h5-11H,4H2,1-3H3,(H,25,26,27)/b17-10+. The van der Waals surface area contributed by atoms with Crippen molar-refractivity contribution in [3.63, 3.8) is 0 Å². The monoisotopic (exact) mass is 528 g/mol. The van der Waals surface area contributed by atoms with E-state index >= 15 is 0 Å². The number of hydrogen-bond donors (Lipinski definition) is 1. The SMILES string of the molecule is CCOc1cc(/C=C2/SC(=Nc3cccc(Cl)c3Cl)NC2=O)cc(Br)c1OC(C)C. The van der Waals surface area contributed by atoms with Gasteiger partial charge in [0.05, 0.1) is 37.8 Å². The highest BCUT2D eigenvalue weighted by Crippen LogP contribution is 2.39. The molecule has 0 bridgehead atoms. The second-order valence-corrected chi connectivity index (χ2v) is 9.15. The molecule has 30 heavy (non-hydrogen) atoms. The number of amidine groups is 1. The van der Waals surface area contributed by atoms with Crippen LogP contribution < -0.4 is 14.8 Å². The maximum atomic E-state index is 12.4. The number of thioether (sulfide) groups is 1. The Hall–Kier alpha value is -1.67. The van der Waals surface area contributed by atoms with Crippen molar-refractivity contribution in [2.45, 2.75) is 26.9 Å². The Bertz CT molecular complexity index is 1040. The number of aliphatic imine (C=N–C) groups is 1. The first-order chi connectivity index (χ1) is 14.3. The summed E-state index contributed by atoms with van der Waals surface area (Å²) in [6, 6.07) is 8.88. The fraction of sp³-hybridized carbons (Fsp3) is 0.238. The minimum Gasteiger partial charge on any atom is -0.490 e. The number of nitrogens with zero attached hydrogens (tertiary/aromatic N) is 1. The number of rotatable bonds is 6. The molecule has 5 nitrogen and oxygen atoms in total. The smallest absolute Gasteiger partial charge is 0.264 e. The Labute approximate surface area is 198 Å². The average Bonchev–Trinajstić information content (AvgIpc) is 3.01. The zero-order valence-corrected chi connectivity index (χ0v) is 20.4. The summed E-state index contributed by atoms with van der Waals surface area (Å²) >= 11 is 17.0. The van der Waals surface area contributed by atoms with Crippen LogP contribution in [0.15, 0.2) is 44.7 Å². The van der Waals surface area contributed by atoms with Gasteiger partial charge in [0.25, 0.3) is 5.91 Å². The molecule has 1 amide bonds. The molecule has 2 aromatic rings. The molecule has 158 valence electrons. The summed E-state index contributed by atoms with van der Waals surface area (Å²) in [5.41, 5.74) is 1.28. The number of ether oxygens (including phenoxy) is 2. The maximum Gasteiger partial charge on any atom is 0.264 e. The van der Waals surface area contributed by atoms with Crippen LogP contribution in [0.2, 0.25) is 10.0 Å². The highest BCUT2D eigenvalue weighted by Gasteiger charge is 2.25. The fourth-order valence-electron chi connectivity index (χ4n) is 2.60. The third-order valence-corrected chi connectivity index (χ3v) is 6.09. The van der Waals surface area contributed by atoms with Gasteiger partial charge in [0, 0.05) is 0 Å². The lowest BCUT2D eigenvalue weighted by Gasteiger charge is -2.17. The number of nitrogens with one attached hydrogen (secondary N) is 1. The summed E-state index contributed by atoms with van der Waals surface area (Å²) in [6.45, 7) is 6.30. The lowest BCUT2D eigenvalue weighted by molar-refractivity contribution is -0.115. The molecule has 1 heterocycles. The van der Waals surface area contributed by atoms with Crippen LogP contribution in [0.3, 0.4) is 0 Å². The summed E-state index contributed by atoms with van der Waals surface area (Å²) in [7, 11) is 0. The first kappa shape index (κ1) is 23.0. The van der Waals surface area contributed by atoms with Gasteiger partial charge in [-0.05, 0) is 84.4 Å². The van der Waals surface area contributed by atoms with Crippen LogP contribution >= 0.6 is 50.9 Å². The number of amides is 1. The lowest BCUT2D eigenvalue weighted by atomic mass is 10.2. The van der Waals surface area contributed by atoms with E-state index in [-0.39, 0.29) is 12.0 Å². The van der Waals surface area contributed by atoms with E-state index in [4.69, 9.17) is 32.7 Å². The van der Waals surface area contributed by atoms with Gasteiger partial charge >= 0.3 is 0 Å². The van der Waals surface area contributed by atoms with Crippen molar-refractivity contribution >= 4 is 73.7 Å². The molecule has 9 heteroatoms. The Morgan fingerprint density at radius 1 is 1.30 bits per heavy atom. The fourth-order valence-corrected chi connectivity index (χ4v) is 4.33. The van der Waals surface area contributed by atoms with Gasteiger partial charge in [0.15, 0.2) is 16.7 Å². The molecule has 0 spiro atoms. The molecule has 0 unspecified atom stereocenters. The van der Waals surface area contributed by atoms with Crippen LogP contribution in [0, 0.1) is 0 Å². The molecule has 0 radical (unpaired) electrons. The minimum absolute atomic E-state index is 0.00189. The van der Waals surface area contributed by atoms with Gasteiger partial charge in [-0.2, -0.15) is 0 Å². The first-order valence-corrected chi connectivity index (χ1v) is 11.5. The molecular weight excluding hydrogens is 511 g/mol. The molecule has 1 aliphatic heterocycles. The topological polar surface area (TPSA) is 59.9 Å². The van der Waals surface area contributed by atoms with E-state index in [1.54, 1.807) is 24.3 Å². The second-order valence-electron chi connectivity index (χ2n) is 6.48. The Morgan fingerprint density at radius 2 is 2.07 bits per heavy atom. The molecule has 0 aromatic heterocycles. The van der Waals surface area contributed by atoms with Crippen LogP contribution in [0.5, 0.6) is 11.5 Å². The minimum atomic E-state index is -0.242. The first-order valence-electron chi connectivity index (χ1n) is 9.15. The zero-order valence-electron chi connectivity index (χ0n) is 16.5. The van der Waals surface area contributed by atoms with Gasteiger partial charge in [-0.1, -0.05) is 29.3 Å². The Morgan fingerprint density at radius 3 is 2.77 bits per heavy atom. The van der Waals surface area contributed by atoms with Gasteiger partial charge in [-0.25, -0.2) is 4.99 Å². The van der Waals surface area contributed by atoms with Crippen molar-refractivity contribution < 1.29 is 14.3 Å². The molecule has 3 rings (SSSR count). The second kappa shape index (κ2) is 10.1. The van der Waals surface area contributed by atoms with Crippen LogP contribution in [0.4, 0.5) is 5.69 Å². The molecule has 0 saturated carbocycles. The van der Waals surface area contributed by atoms with Crippen molar-refractivity contribution in [2.24, 2.45) is 4.99 Å². The van der Waals surface area contributed by atoms with Crippen LogP contribution in [0.1, 0.15) is 26.3 Å². The normalized spacial score (nSPS) is 16.4. The van der Waals surface area contributed by atoms with Gasteiger partial charge in [-0.15, -0.1) is 0 Å². The van der Waals surface area contributed by atoms with E-state index in [0.717, 1.165) is 10.0 Å². The molecule has 1 N–H and O–H groups in total. The summed E-state index contributed by atoms with van der Waals surface area (Å²) in [5.74, 6) is 0.999. The lowest BCUT2D eigenvalue weighted by Crippen LogP contribution is -2.19. The van der Waals surface area contributed by atoms with E-state index in [2.05, 4.69) is 26.2 Å². The molecule has 1 fully saturated rings. The Balaban J connectivity index is 1.90. The van der Waals surface area contributed by atoms with Crippen molar-refractivity contribution in [3.8, 4) is 11.5 Å². The van der Waals surface area contributed by atoms with Gasteiger partial charge in [0.2, 0.25) is 0 Å². The number of hydrogen-bond acceptors (Lipinski definition) is 5. The molecular formula is C21H19BrCl2N2O3S. The number of carbonyl (C=O) groups is 1. The van der Waals surface area contributed by atoms with Crippen LogP contribution in [-0.2, 0) is 4.79 Å². The van der Waals surface area contributed by atoms with Crippen LogP contribution in [-0.4, -0.2) is 23.8 Å². The predicted octanol–water partition coefficient (Wildman–Crippen LogP) is 6.83. The molecule has 0 atom stereocenters. The number of halogens is 3. The highest BCUT2D eigenvalue weighted by molar-refractivity contribution is 9.10. The van der Waals surface area contributed by atoms with E-state index in [1.807, 2.05) is 32.9 Å². The van der Waals surface area contributed by atoms with Gasteiger partial charge in [0.1, 0.15) is 0 Å². The van der Waals surface area contributed by atoms with Crippen LogP contribution in [0.25, 0.3) is 6.08 Å². The van der Waals surface area contributed by atoms with E-state index in [9.17, 15) is 4.79 Å². The molecule has 2 aromatic carbocycles. The summed E-state index contributed by atoms with van der Waals surface area (Å²) < 4.78 is 12.3.